The SMILES string of the molecule is Cc1cnc(C(=O)N2CCC(n3ccc(N)n3)CC2)cn1. The molecule has 1 aliphatic rings. The molecule has 2 aromatic rings. The molecule has 7 nitrogen and oxygen atoms in total. The fourth-order valence-electron chi connectivity index (χ4n) is 2.55. The minimum Gasteiger partial charge on any atom is -0.382 e. The highest BCUT2D eigenvalue weighted by Gasteiger charge is 2.25. The molecule has 3 rings (SSSR count). The van der Waals surface area contributed by atoms with E-state index in [0.717, 1.165) is 18.5 Å². The lowest BCUT2D eigenvalue weighted by molar-refractivity contribution is 0.0683. The fourth-order valence-corrected chi connectivity index (χ4v) is 2.55. The van der Waals surface area contributed by atoms with Gasteiger partial charge < -0.3 is 10.6 Å². The number of nitrogens with two attached hydrogens (primary N) is 1. The van der Waals surface area contributed by atoms with Crippen LogP contribution >= 0.6 is 0 Å². The molecule has 1 aliphatic heterocycles. The maximum atomic E-state index is 12.3. The second kappa shape index (κ2) is 5.51. The molecule has 2 N–H and O–H groups in total. The van der Waals surface area contributed by atoms with Crippen LogP contribution in [0.1, 0.15) is 35.1 Å². The average Bonchev–Trinajstić information content (AvgIpc) is 2.94. The first-order chi connectivity index (χ1) is 10.1. The lowest BCUT2D eigenvalue weighted by Crippen LogP contribution is -2.39. The Balaban J connectivity index is 1.63. The molecule has 1 fully saturated rings. The third kappa shape index (κ3) is 2.86. The first-order valence-corrected chi connectivity index (χ1v) is 7.02. The van der Waals surface area contributed by atoms with Crippen LogP contribution in [0.25, 0.3) is 0 Å². The summed E-state index contributed by atoms with van der Waals surface area (Å²) in [5, 5.41) is 4.24. The van der Waals surface area contributed by atoms with Crippen molar-refractivity contribution in [3.05, 3.63) is 36.0 Å². The lowest BCUT2D eigenvalue weighted by atomic mass is 10.1. The van der Waals surface area contributed by atoms with E-state index in [1.54, 1.807) is 12.3 Å². The van der Waals surface area contributed by atoms with Gasteiger partial charge in [-0.3, -0.25) is 14.5 Å². The van der Waals surface area contributed by atoms with Crippen molar-refractivity contribution in [2.24, 2.45) is 0 Å². The zero-order valence-electron chi connectivity index (χ0n) is 11.9. The van der Waals surface area contributed by atoms with Gasteiger partial charge in [0.2, 0.25) is 0 Å². The van der Waals surface area contributed by atoms with E-state index < -0.39 is 0 Å². The van der Waals surface area contributed by atoms with Gasteiger partial charge in [0.1, 0.15) is 11.5 Å². The van der Waals surface area contributed by atoms with Crippen molar-refractivity contribution in [2.75, 3.05) is 18.8 Å². The van der Waals surface area contributed by atoms with Crippen LogP contribution in [0, 0.1) is 6.92 Å². The maximum absolute atomic E-state index is 12.3. The number of anilines is 1. The fraction of sp³-hybridized carbons (Fsp3) is 0.429. The number of aryl methyl sites for hydroxylation is 1. The first-order valence-electron chi connectivity index (χ1n) is 7.02. The molecule has 1 saturated heterocycles. The van der Waals surface area contributed by atoms with Gasteiger partial charge in [-0.25, -0.2) is 4.98 Å². The molecule has 0 saturated carbocycles. The van der Waals surface area contributed by atoms with E-state index in [4.69, 9.17) is 5.73 Å². The molecule has 2 aromatic heterocycles. The molecule has 21 heavy (non-hydrogen) atoms. The predicted molar refractivity (Wildman–Crippen MR) is 77.6 cm³/mol. The number of amides is 1. The maximum Gasteiger partial charge on any atom is 0.274 e. The van der Waals surface area contributed by atoms with E-state index in [1.165, 1.54) is 6.20 Å². The van der Waals surface area contributed by atoms with Crippen LogP contribution in [0.3, 0.4) is 0 Å². The number of rotatable bonds is 2. The Bertz CT molecular complexity index is 627. The number of carbonyl (C=O) groups is 1. The first kappa shape index (κ1) is 13.5. The number of hydrogen-bond donors (Lipinski definition) is 1. The van der Waals surface area contributed by atoms with Crippen molar-refractivity contribution in [3.63, 3.8) is 0 Å². The van der Waals surface area contributed by atoms with Crippen molar-refractivity contribution in [2.45, 2.75) is 25.8 Å². The third-order valence-corrected chi connectivity index (χ3v) is 3.75. The Hall–Kier alpha value is -2.44. The number of aromatic nitrogens is 4. The minimum atomic E-state index is -0.0547. The number of nitrogen functional groups attached to an aromatic ring is 1. The van der Waals surface area contributed by atoms with Gasteiger partial charge in [0.05, 0.1) is 17.9 Å². The second-order valence-corrected chi connectivity index (χ2v) is 5.29. The van der Waals surface area contributed by atoms with E-state index in [0.29, 0.717) is 30.6 Å². The molecule has 0 bridgehead atoms. The van der Waals surface area contributed by atoms with Gasteiger partial charge in [0, 0.05) is 25.5 Å². The molecule has 0 spiro atoms. The monoisotopic (exact) mass is 286 g/mol. The normalized spacial score (nSPS) is 16.1. The Morgan fingerprint density at radius 3 is 2.62 bits per heavy atom. The van der Waals surface area contributed by atoms with Gasteiger partial charge in [-0.05, 0) is 25.8 Å². The zero-order valence-corrected chi connectivity index (χ0v) is 11.9. The second-order valence-electron chi connectivity index (χ2n) is 5.29. The van der Waals surface area contributed by atoms with E-state index in [-0.39, 0.29) is 5.91 Å². The highest BCUT2D eigenvalue weighted by Crippen LogP contribution is 2.23. The van der Waals surface area contributed by atoms with Crippen molar-refractivity contribution >= 4 is 11.7 Å². The molecule has 3 heterocycles. The molecular weight excluding hydrogens is 268 g/mol. The van der Waals surface area contributed by atoms with Crippen molar-refractivity contribution in [1.82, 2.24) is 24.6 Å². The summed E-state index contributed by atoms with van der Waals surface area (Å²) in [6.07, 6.45) is 6.78. The van der Waals surface area contributed by atoms with Crippen LogP contribution in [0.4, 0.5) is 5.82 Å². The van der Waals surface area contributed by atoms with Gasteiger partial charge in [-0.2, -0.15) is 5.10 Å². The number of carbonyl (C=O) groups excluding carboxylic acids is 1. The zero-order chi connectivity index (χ0) is 14.8. The molecule has 1 amide bonds. The third-order valence-electron chi connectivity index (χ3n) is 3.75. The number of piperidine rings is 1. The van der Waals surface area contributed by atoms with E-state index >= 15 is 0 Å². The summed E-state index contributed by atoms with van der Waals surface area (Å²) in [7, 11) is 0. The van der Waals surface area contributed by atoms with Crippen LogP contribution in [-0.4, -0.2) is 43.6 Å². The van der Waals surface area contributed by atoms with Crippen LogP contribution in [-0.2, 0) is 0 Å². The molecule has 0 aromatic carbocycles. The summed E-state index contributed by atoms with van der Waals surface area (Å²) >= 11 is 0. The smallest absolute Gasteiger partial charge is 0.274 e. The molecule has 7 heteroatoms. The Labute approximate surface area is 122 Å². The Kier molecular flexibility index (Phi) is 3.55. The number of likely N-dealkylation sites (tertiary alicyclic amines) is 1. The Morgan fingerprint density at radius 1 is 1.29 bits per heavy atom. The van der Waals surface area contributed by atoms with Crippen LogP contribution in [0.5, 0.6) is 0 Å². The minimum absolute atomic E-state index is 0.0547. The molecular formula is C14H18N6O. The molecule has 0 unspecified atom stereocenters. The van der Waals surface area contributed by atoms with Crippen molar-refractivity contribution in [3.8, 4) is 0 Å². The summed E-state index contributed by atoms with van der Waals surface area (Å²) in [5.41, 5.74) is 6.85. The molecule has 0 atom stereocenters. The van der Waals surface area contributed by atoms with E-state index in [9.17, 15) is 4.79 Å². The van der Waals surface area contributed by atoms with Crippen LogP contribution in [0.15, 0.2) is 24.7 Å². The standard InChI is InChI=1S/C14H18N6O/c1-10-8-17-12(9-16-10)14(21)19-5-2-11(3-6-19)20-7-4-13(15)18-20/h4,7-9,11H,2-3,5-6H2,1H3,(H2,15,18). The van der Waals surface area contributed by atoms with E-state index in [2.05, 4.69) is 15.1 Å². The topological polar surface area (TPSA) is 89.9 Å². The van der Waals surface area contributed by atoms with Gasteiger partial charge in [0.15, 0.2) is 0 Å². The predicted octanol–water partition coefficient (Wildman–Crippen LogP) is 1.04. The summed E-state index contributed by atoms with van der Waals surface area (Å²) in [5.74, 6) is 0.476. The Morgan fingerprint density at radius 2 is 2.05 bits per heavy atom. The summed E-state index contributed by atoms with van der Waals surface area (Å²) in [4.78, 5) is 22.4. The number of nitrogens with zero attached hydrogens (tertiary/aromatic N) is 5. The van der Waals surface area contributed by atoms with Crippen LogP contribution < -0.4 is 5.73 Å². The van der Waals surface area contributed by atoms with Gasteiger partial charge >= 0.3 is 0 Å². The van der Waals surface area contributed by atoms with Crippen molar-refractivity contribution < 1.29 is 4.79 Å². The molecule has 0 radical (unpaired) electrons. The van der Waals surface area contributed by atoms with Crippen molar-refractivity contribution in [1.29, 1.82) is 0 Å². The van der Waals surface area contributed by atoms with Crippen LogP contribution in [0.2, 0.25) is 0 Å². The molecule has 0 aliphatic carbocycles. The van der Waals surface area contributed by atoms with Gasteiger partial charge in [0.25, 0.3) is 5.91 Å². The average molecular weight is 286 g/mol. The van der Waals surface area contributed by atoms with E-state index in [1.807, 2.05) is 22.7 Å². The van der Waals surface area contributed by atoms with Gasteiger partial charge in [-0.15, -0.1) is 0 Å². The molecule has 110 valence electrons. The summed E-state index contributed by atoms with van der Waals surface area (Å²) in [6.45, 7) is 3.24. The number of hydrogen-bond acceptors (Lipinski definition) is 5. The summed E-state index contributed by atoms with van der Waals surface area (Å²) < 4.78 is 1.89. The summed E-state index contributed by atoms with van der Waals surface area (Å²) in [6, 6.07) is 2.09. The van der Waals surface area contributed by atoms with Gasteiger partial charge in [-0.1, -0.05) is 0 Å². The quantitative estimate of drug-likeness (QED) is 0.891. The lowest BCUT2D eigenvalue weighted by Gasteiger charge is -2.31. The largest absolute Gasteiger partial charge is 0.382 e. The highest BCUT2D eigenvalue weighted by molar-refractivity contribution is 5.92. The highest BCUT2D eigenvalue weighted by atomic mass is 16.2.